The summed E-state index contributed by atoms with van der Waals surface area (Å²) in [5.74, 6) is -0.249. The van der Waals surface area contributed by atoms with E-state index >= 15 is 0 Å². The van der Waals surface area contributed by atoms with E-state index in [0.29, 0.717) is 5.69 Å². The second kappa shape index (κ2) is 4.90. The van der Waals surface area contributed by atoms with Gasteiger partial charge >= 0.3 is 0 Å². The third-order valence-corrected chi connectivity index (χ3v) is 3.14. The number of aryl methyl sites for hydroxylation is 2. The van der Waals surface area contributed by atoms with Crippen molar-refractivity contribution in [1.29, 1.82) is 0 Å². The number of aromatic nitrogens is 2. The summed E-state index contributed by atoms with van der Waals surface area (Å²) in [5, 5.41) is 7.39. The zero-order valence-corrected chi connectivity index (χ0v) is 11.2. The molecule has 0 aliphatic rings. The second-order valence-corrected chi connectivity index (χ2v) is 4.56. The van der Waals surface area contributed by atoms with Gasteiger partial charge in [-0.05, 0) is 51.6 Å². The van der Waals surface area contributed by atoms with Crippen molar-refractivity contribution in [3.05, 3.63) is 47.0 Å². The molecule has 4 heteroatoms. The average Bonchev–Trinajstić information content (AvgIpc) is 2.67. The summed E-state index contributed by atoms with van der Waals surface area (Å²) in [6, 6.07) is 7.33. The highest BCUT2D eigenvalue weighted by atomic mass is 19.1. The summed E-state index contributed by atoms with van der Waals surface area (Å²) in [6.07, 6.45) is 0. The minimum Gasteiger partial charge on any atom is -0.313 e. The Hall–Kier alpha value is -1.68. The van der Waals surface area contributed by atoms with Gasteiger partial charge in [-0.1, -0.05) is 6.07 Å². The normalized spacial score (nSPS) is 12.7. The molecular weight excluding hydrogens is 229 g/mol. The van der Waals surface area contributed by atoms with Crippen LogP contribution < -0.4 is 5.32 Å². The summed E-state index contributed by atoms with van der Waals surface area (Å²) < 4.78 is 15.8. The molecule has 0 bridgehead atoms. The molecule has 0 aliphatic heterocycles. The van der Waals surface area contributed by atoms with Gasteiger partial charge in [0.25, 0.3) is 0 Å². The molecule has 0 radical (unpaired) electrons. The van der Waals surface area contributed by atoms with Crippen LogP contribution in [-0.2, 0) is 0 Å². The van der Waals surface area contributed by atoms with Gasteiger partial charge in [0.15, 0.2) is 0 Å². The molecule has 0 amide bonds. The number of nitrogens with zero attached hydrogens (tertiary/aromatic N) is 2. The Balaban J connectivity index is 2.44. The van der Waals surface area contributed by atoms with Gasteiger partial charge in [0.1, 0.15) is 11.5 Å². The summed E-state index contributed by atoms with van der Waals surface area (Å²) in [6.45, 7) is 5.82. The van der Waals surface area contributed by atoms with Crippen molar-refractivity contribution in [2.24, 2.45) is 0 Å². The lowest BCUT2D eigenvalue weighted by Crippen LogP contribution is -2.13. The molecule has 1 unspecified atom stereocenters. The lowest BCUT2D eigenvalue weighted by molar-refractivity contribution is 0.593. The highest BCUT2D eigenvalue weighted by Gasteiger charge is 2.11. The summed E-state index contributed by atoms with van der Waals surface area (Å²) in [4.78, 5) is 0. The van der Waals surface area contributed by atoms with Crippen LogP contribution in [0.15, 0.2) is 24.3 Å². The van der Waals surface area contributed by atoms with E-state index in [0.717, 1.165) is 17.0 Å². The smallest absolute Gasteiger partial charge is 0.149 e. The first-order chi connectivity index (χ1) is 8.52. The predicted molar refractivity (Wildman–Crippen MR) is 70.5 cm³/mol. The largest absolute Gasteiger partial charge is 0.313 e. The van der Waals surface area contributed by atoms with Crippen molar-refractivity contribution in [2.45, 2.75) is 26.8 Å². The molecule has 0 spiro atoms. The van der Waals surface area contributed by atoms with Crippen molar-refractivity contribution in [2.75, 3.05) is 7.05 Å². The van der Waals surface area contributed by atoms with Crippen LogP contribution in [0.4, 0.5) is 4.39 Å². The van der Waals surface area contributed by atoms with E-state index in [4.69, 9.17) is 0 Å². The van der Waals surface area contributed by atoms with E-state index in [-0.39, 0.29) is 11.9 Å². The monoisotopic (exact) mass is 247 g/mol. The predicted octanol–water partition coefficient (Wildman–Crippen LogP) is 2.91. The van der Waals surface area contributed by atoms with Crippen LogP contribution in [0.25, 0.3) is 5.69 Å². The first-order valence-electron chi connectivity index (χ1n) is 6.03. The summed E-state index contributed by atoms with van der Waals surface area (Å²) >= 11 is 0. The number of nitrogens with one attached hydrogen (secondary N) is 1. The number of hydrogen-bond donors (Lipinski definition) is 1. The molecule has 2 rings (SSSR count). The van der Waals surface area contributed by atoms with Crippen molar-refractivity contribution in [3.8, 4) is 5.69 Å². The Morgan fingerprint density at radius 2 is 2.00 bits per heavy atom. The Morgan fingerprint density at radius 3 is 2.50 bits per heavy atom. The molecule has 1 heterocycles. The van der Waals surface area contributed by atoms with E-state index in [1.165, 1.54) is 0 Å². The Morgan fingerprint density at radius 1 is 1.28 bits per heavy atom. The fourth-order valence-corrected chi connectivity index (χ4v) is 2.00. The lowest BCUT2D eigenvalue weighted by atomic mass is 10.1. The minimum atomic E-state index is -0.249. The quantitative estimate of drug-likeness (QED) is 0.903. The van der Waals surface area contributed by atoms with Crippen LogP contribution in [0.3, 0.4) is 0 Å². The summed E-state index contributed by atoms with van der Waals surface area (Å²) in [5.41, 5.74) is 3.24. The zero-order chi connectivity index (χ0) is 13.3. The van der Waals surface area contributed by atoms with Gasteiger partial charge in [0, 0.05) is 11.7 Å². The van der Waals surface area contributed by atoms with Crippen molar-refractivity contribution >= 4 is 0 Å². The van der Waals surface area contributed by atoms with Gasteiger partial charge in [-0.3, -0.25) is 0 Å². The Kier molecular flexibility index (Phi) is 3.48. The zero-order valence-electron chi connectivity index (χ0n) is 11.2. The van der Waals surface area contributed by atoms with Crippen LogP contribution in [-0.4, -0.2) is 16.8 Å². The van der Waals surface area contributed by atoms with Crippen molar-refractivity contribution < 1.29 is 4.39 Å². The van der Waals surface area contributed by atoms with Gasteiger partial charge in [0.2, 0.25) is 0 Å². The third-order valence-electron chi connectivity index (χ3n) is 3.14. The van der Waals surface area contributed by atoms with E-state index in [1.807, 2.05) is 40.0 Å². The van der Waals surface area contributed by atoms with Crippen LogP contribution in [0.2, 0.25) is 0 Å². The van der Waals surface area contributed by atoms with E-state index in [1.54, 1.807) is 16.8 Å². The van der Waals surface area contributed by atoms with Crippen LogP contribution in [0.1, 0.15) is 29.9 Å². The average molecular weight is 247 g/mol. The maximum absolute atomic E-state index is 14.1. The molecule has 3 nitrogen and oxygen atoms in total. The second-order valence-electron chi connectivity index (χ2n) is 4.56. The fourth-order valence-electron chi connectivity index (χ4n) is 2.00. The maximum atomic E-state index is 14.1. The molecular formula is C14H18FN3. The maximum Gasteiger partial charge on any atom is 0.149 e. The number of benzene rings is 1. The number of rotatable bonds is 3. The van der Waals surface area contributed by atoms with Gasteiger partial charge in [-0.15, -0.1) is 0 Å². The SMILES string of the molecule is CNC(C)c1ccc(-n2nc(C)cc2C)c(F)c1. The fraction of sp³-hybridized carbons (Fsp3) is 0.357. The molecule has 0 saturated heterocycles. The van der Waals surface area contributed by atoms with Crippen molar-refractivity contribution in [3.63, 3.8) is 0 Å². The minimum absolute atomic E-state index is 0.133. The molecule has 1 aromatic carbocycles. The van der Waals surface area contributed by atoms with E-state index < -0.39 is 0 Å². The molecule has 0 saturated carbocycles. The van der Waals surface area contributed by atoms with Crippen LogP contribution in [0, 0.1) is 19.7 Å². The molecule has 96 valence electrons. The van der Waals surface area contributed by atoms with Crippen molar-refractivity contribution in [1.82, 2.24) is 15.1 Å². The Bertz CT molecular complexity index is 560. The van der Waals surface area contributed by atoms with Crippen LogP contribution in [0.5, 0.6) is 0 Å². The van der Waals surface area contributed by atoms with Gasteiger partial charge < -0.3 is 5.32 Å². The highest BCUT2D eigenvalue weighted by molar-refractivity contribution is 5.38. The standard InChI is InChI=1S/C14H18FN3/c1-9-7-10(2)18(17-9)14-6-5-12(8-13(14)15)11(3)16-4/h5-8,11,16H,1-4H3. The summed E-state index contributed by atoms with van der Waals surface area (Å²) in [7, 11) is 1.86. The molecule has 1 aromatic heterocycles. The lowest BCUT2D eigenvalue weighted by Gasteiger charge is -2.12. The molecule has 0 fully saturated rings. The van der Waals surface area contributed by atoms with Crippen LogP contribution >= 0.6 is 0 Å². The third kappa shape index (κ3) is 2.29. The van der Waals surface area contributed by atoms with Gasteiger partial charge in [-0.25, -0.2) is 9.07 Å². The molecule has 1 N–H and O–H groups in total. The molecule has 18 heavy (non-hydrogen) atoms. The number of halogens is 1. The first kappa shape index (κ1) is 12.8. The highest BCUT2D eigenvalue weighted by Crippen LogP contribution is 2.20. The molecule has 1 atom stereocenters. The molecule has 0 aliphatic carbocycles. The van der Waals surface area contributed by atoms with Gasteiger partial charge in [-0.2, -0.15) is 5.10 Å². The molecule has 2 aromatic rings. The number of hydrogen-bond acceptors (Lipinski definition) is 2. The van der Waals surface area contributed by atoms with E-state index in [9.17, 15) is 4.39 Å². The Labute approximate surface area is 107 Å². The topological polar surface area (TPSA) is 29.9 Å². The first-order valence-corrected chi connectivity index (χ1v) is 6.03. The van der Waals surface area contributed by atoms with Gasteiger partial charge in [0.05, 0.1) is 5.69 Å². The van der Waals surface area contributed by atoms with E-state index in [2.05, 4.69) is 10.4 Å².